The number of alkyl halides is 1. The maximum absolute atomic E-state index is 16.2. The maximum Gasteiger partial charge on any atom is 0.176 e. The third-order valence-electron chi connectivity index (χ3n) is 10.7. The van der Waals surface area contributed by atoms with E-state index in [0.717, 1.165) is 37.7 Å². The fraction of sp³-hybridized carbons (Fsp3) is 0.774. The molecule has 2 saturated carbocycles. The van der Waals surface area contributed by atoms with Gasteiger partial charge in [0.1, 0.15) is 11.7 Å². The normalized spacial score (nSPS) is 40.6. The van der Waals surface area contributed by atoms with Gasteiger partial charge in [-0.3, -0.25) is 9.59 Å². The number of hydrogen-bond donors (Lipinski definition) is 0. The second-order valence-corrected chi connectivity index (χ2v) is 13.9. The van der Waals surface area contributed by atoms with Crippen LogP contribution in [0.3, 0.4) is 0 Å². The molecule has 0 saturated heterocycles. The monoisotopic (exact) mass is 483 g/mol. The molecule has 0 N–H and O–H groups in total. The molecule has 0 aromatic carbocycles. The highest BCUT2D eigenvalue weighted by atomic mass is 19.1. The zero-order valence-corrected chi connectivity index (χ0v) is 23.5. The third-order valence-corrected chi connectivity index (χ3v) is 10.7. The van der Waals surface area contributed by atoms with Crippen LogP contribution >= 0.6 is 0 Å². The molecular formula is C31H46FNO2. The van der Waals surface area contributed by atoms with Gasteiger partial charge < -0.3 is 0 Å². The van der Waals surface area contributed by atoms with Crippen LogP contribution in [-0.4, -0.2) is 17.2 Å². The van der Waals surface area contributed by atoms with E-state index < -0.39 is 11.1 Å². The van der Waals surface area contributed by atoms with Crippen molar-refractivity contribution in [2.45, 2.75) is 113 Å². The van der Waals surface area contributed by atoms with Crippen molar-refractivity contribution in [3.63, 3.8) is 0 Å². The number of nitriles is 1. The van der Waals surface area contributed by atoms with Gasteiger partial charge in [0.05, 0.1) is 5.57 Å². The first-order chi connectivity index (χ1) is 15.9. The molecule has 3 nitrogen and oxygen atoms in total. The molecule has 35 heavy (non-hydrogen) atoms. The van der Waals surface area contributed by atoms with Crippen LogP contribution in [0.15, 0.2) is 23.3 Å². The number of carbonyl (C=O) groups is 2. The zero-order chi connectivity index (χ0) is 26.6. The number of nitrogens with zero attached hydrogens (tertiary/aromatic N) is 1. The van der Waals surface area contributed by atoms with Gasteiger partial charge in [0, 0.05) is 11.3 Å². The number of allylic oxidation sites excluding steroid dienone is 4. The van der Waals surface area contributed by atoms with Crippen LogP contribution in [0, 0.1) is 50.7 Å². The molecule has 0 aromatic rings. The van der Waals surface area contributed by atoms with Crippen molar-refractivity contribution in [3.05, 3.63) is 23.3 Å². The summed E-state index contributed by atoms with van der Waals surface area (Å²) in [6.07, 6.45) is 8.96. The van der Waals surface area contributed by atoms with E-state index in [1.165, 1.54) is 0 Å². The Morgan fingerprint density at radius 1 is 1.20 bits per heavy atom. The van der Waals surface area contributed by atoms with Crippen LogP contribution in [0.5, 0.6) is 0 Å². The van der Waals surface area contributed by atoms with Gasteiger partial charge >= 0.3 is 0 Å². The highest BCUT2D eigenvalue weighted by Gasteiger charge is 2.58. The summed E-state index contributed by atoms with van der Waals surface area (Å²) in [6.45, 7) is 18.8. The van der Waals surface area contributed by atoms with Crippen molar-refractivity contribution in [2.75, 3.05) is 0 Å². The first-order valence-corrected chi connectivity index (χ1v) is 13.5. The Hall–Kier alpha value is -1.76. The van der Waals surface area contributed by atoms with E-state index in [-0.39, 0.29) is 51.1 Å². The molecule has 0 heterocycles. The lowest BCUT2D eigenvalue weighted by Gasteiger charge is -2.59. The Balaban J connectivity index is 2.00. The van der Waals surface area contributed by atoms with Gasteiger partial charge in [-0.2, -0.15) is 5.26 Å². The summed E-state index contributed by atoms with van der Waals surface area (Å²) >= 11 is 0. The number of hydrogen-bond acceptors (Lipinski definition) is 3. The summed E-state index contributed by atoms with van der Waals surface area (Å²) < 4.78 is 16.2. The van der Waals surface area contributed by atoms with Crippen molar-refractivity contribution < 1.29 is 14.0 Å². The molecule has 3 aliphatic rings. The van der Waals surface area contributed by atoms with Crippen LogP contribution in [0.25, 0.3) is 0 Å². The Kier molecular flexibility index (Phi) is 7.13. The van der Waals surface area contributed by atoms with Crippen LogP contribution in [0.4, 0.5) is 4.39 Å². The molecule has 0 aliphatic heterocycles. The molecule has 194 valence electrons. The Morgan fingerprint density at radius 3 is 2.37 bits per heavy atom. The lowest BCUT2D eigenvalue weighted by molar-refractivity contribution is -0.123. The smallest absolute Gasteiger partial charge is 0.176 e. The number of fused-ring (bicyclic) bond motifs is 1. The molecule has 3 aliphatic carbocycles. The van der Waals surface area contributed by atoms with Crippen molar-refractivity contribution in [1.82, 2.24) is 0 Å². The summed E-state index contributed by atoms with van der Waals surface area (Å²) in [5, 5.41) is 9.69. The molecule has 1 unspecified atom stereocenters. The average Bonchev–Trinajstić information content (AvgIpc) is 2.75. The van der Waals surface area contributed by atoms with E-state index in [0.29, 0.717) is 12.8 Å². The van der Waals surface area contributed by atoms with Gasteiger partial charge in [0.15, 0.2) is 11.6 Å². The van der Waals surface area contributed by atoms with E-state index in [2.05, 4.69) is 54.5 Å². The predicted octanol–water partition coefficient (Wildman–Crippen LogP) is 7.95. The van der Waals surface area contributed by atoms with E-state index in [9.17, 15) is 14.9 Å². The second-order valence-electron chi connectivity index (χ2n) is 13.9. The first-order valence-electron chi connectivity index (χ1n) is 13.5. The summed E-state index contributed by atoms with van der Waals surface area (Å²) in [6, 6.07) is 2.12. The molecule has 4 heteroatoms. The molecule has 0 radical (unpaired) electrons. The van der Waals surface area contributed by atoms with E-state index in [1.807, 2.05) is 13.0 Å². The van der Waals surface area contributed by atoms with Crippen molar-refractivity contribution in [2.24, 2.45) is 39.4 Å². The molecule has 3 rings (SSSR count). The van der Waals surface area contributed by atoms with Gasteiger partial charge in [0.2, 0.25) is 0 Å². The first kappa shape index (κ1) is 27.8. The minimum absolute atomic E-state index is 0.0227. The lowest BCUT2D eigenvalue weighted by Crippen LogP contribution is -2.53. The summed E-state index contributed by atoms with van der Waals surface area (Å²) in [4.78, 5) is 25.3. The van der Waals surface area contributed by atoms with Crippen molar-refractivity contribution in [1.29, 1.82) is 5.26 Å². The fourth-order valence-corrected chi connectivity index (χ4v) is 7.81. The number of halogens is 1. The number of Topliss-reactive ketones (excluding diaryl/α,β-unsaturated/α-hetero) is 1. The maximum atomic E-state index is 16.2. The molecule has 2 fully saturated rings. The standard InChI is InChI=1S/C31H46FNO2/c1-20-17-27(4,5)12-14-31(20,32)15-13-28(6,7)30(9)11-10-24-22(3)26(35)23(19-33)18-29(24,8)25(30)16-21(2)34/h16,18,20,22,24H,10-15,17H2,1-9H3/b25-16-/t20?,22-,24-,29-,30+,31-/m0/s1. The molecular weight excluding hydrogens is 437 g/mol. The van der Waals surface area contributed by atoms with Gasteiger partial charge in [-0.15, -0.1) is 0 Å². The lowest BCUT2D eigenvalue weighted by atomic mass is 9.44. The molecule has 0 bridgehead atoms. The van der Waals surface area contributed by atoms with Crippen LogP contribution < -0.4 is 0 Å². The van der Waals surface area contributed by atoms with Crippen LogP contribution in [0.2, 0.25) is 0 Å². The quantitative estimate of drug-likeness (QED) is 0.373. The van der Waals surface area contributed by atoms with E-state index in [1.54, 1.807) is 13.0 Å². The van der Waals surface area contributed by atoms with Crippen LogP contribution in [-0.2, 0) is 9.59 Å². The molecule has 0 spiro atoms. The van der Waals surface area contributed by atoms with E-state index in [4.69, 9.17) is 0 Å². The van der Waals surface area contributed by atoms with Crippen LogP contribution in [0.1, 0.15) is 107 Å². The minimum Gasteiger partial charge on any atom is -0.295 e. The number of ketones is 2. The van der Waals surface area contributed by atoms with Crippen molar-refractivity contribution >= 4 is 11.6 Å². The van der Waals surface area contributed by atoms with Gasteiger partial charge in [-0.1, -0.05) is 67.0 Å². The topological polar surface area (TPSA) is 57.9 Å². The SMILES string of the molecule is CC(=O)/C=C1/[C@@]2(C)C=C(C#N)C(=O)[C@@H](C)[C@@H]2CC[C@@]1(C)C(C)(C)CC[C@@]1(F)CCC(C)(C)CC1C. The summed E-state index contributed by atoms with van der Waals surface area (Å²) in [5.41, 5.74) is -0.918. The second kappa shape index (κ2) is 8.97. The minimum atomic E-state index is -1.16. The van der Waals surface area contributed by atoms with E-state index >= 15 is 4.39 Å². The van der Waals surface area contributed by atoms with Gasteiger partial charge in [0.25, 0.3) is 0 Å². The average molecular weight is 484 g/mol. The van der Waals surface area contributed by atoms with Gasteiger partial charge in [-0.05, 0) is 86.0 Å². The predicted molar refractivity (Wildman–Crippen MR) is 139 cm³/mol. The number of rotatable bonds is 5. The van der Waals surface area contributed by atoms with Gasteiger partial charge in [-0.25, -0.2) is 4.39 Å². The number of carbonyl (C=O) groups excluding carboxylic acids is 2. The van der Waals surface area contributed by atoms with Crippen molar-refractivity contribution in [3.8, 4) is 6.07 Å². The molecule has 0 aromatic heterocycles. The molecule has 6 atom stereocenters. The third kappa shape index (κ3) is 4.70. The highest BCUT2D eigenvalue weighted by Crippen LogP contribution is 2.65. The highest BCUT2D eigenvalue weighted by molar-refractivity contribution is 6.02. The Morgan fingerprint density at radius 2 is 1.83 bits per heavy atom. The summed E-state index contributed by atoms with van der Waals surface area (Å²) in [7, 11) is 0. The Bertz CT molecular complexity index is 998. The summed E-state index contributed by atoms with van der Waals surface area (Å²) in [5.74, 6) is -0.293. The zero-order valence-electron chi connectivity index (χ0n) is 23.5. The molecule has 0 amide bonds. The fourth-order valence-electron chi connectivity index (χ4n) is 7.81. The Labute approximate surface area is 212 Å². The largest absolute Gasteiger partial charge is 0.295 e.